The highest BCUT2D eigenvalue weighted by Crippen LogP contribution is 2.11. The Hall–Kier alpha value is -3.05. The molecule has 0 aliphatic rings. The summed E-state index contributed by atoms with van der Waals surface area (Å²) >= 11 is 0. The lowest BCUT2D eigenvalue weighted by Crippen LogP contribution is -2.40. The zero-order valence-corrected chi connectivity index (χ0v) is 23.5. The summed E-state index contributed by atoms with van der Waals surface area (Å²) in [7, 11) is 0. The quantitative estimate of drug-likeness (QED) is 0.0341. The second kappa shape index (κ2) is 22.0. The maximum Gasteiger partial charge on any atom is 0.328 e. The number of carbonyl (C=O) groups is 3. The minimum Gasteiger partial charge on any atom is -0.464 e. The molecule has 0 bridgehead atoms. The molecule has 0 aromatic heterocycles. The fraction of sp³-hybridized carbons (Fsp3) is 0.613. The Labute approximate surface area is 229 Å². The van der Waals surface area contributed by atoms with Crippen LogP contribution in [0.2, 0.25) is 0 Å². The molecule has 0 radical (unpaired) electrons. The lowest BCUT2D eigenvalue weighted by atomic mass is 10.0. The second-order valence-electron chi connectivity index (χ2n) is 9.91. The third-order valence-electron chi connectivity index (χ3n) is 6.41. The van der Waals surface area contributed by atoms with Gasteiger partial charge >= 0.3 is 12.2 Å². The molecular weight excluding hydrogens is 478 g/mol. The predicted molar refractivity (Wildman–Crippen MR) is 152 cm³/mol. The van der Waals surface area contributed by atoms with E-state index < -0.39 is 11.8 Å². The van der Waals surface area contributed by atoms with Crippen molar-refractivity contribution in [2.24, 2.45) is 0 Å². The Kier molecular flexibility index (Phi) is 19.1. The van der Waals surface area contributed by atoms with Gasteiger partial charge in [-0.2, -0.15) is 4.79 Å². The molecule has 1 aromatic rings. The van der Waals surface area contributed by atoms with Gasteiger partial charge in [-0.15, -0.1) is 0 Å². The highest BCUT2D eigenvalue weighted by Gasteiger charge is 2.15. The number of ether oxygens (including phenoxy) is 1. The van der Waals surface area contributed by atoms with Crippen molar-refractivity contribution in [2.75, 3.05) is 6.61 Å². The van der Waals surface area contributed by atoms with E-state index in [4.69, 9.17) is 10.3 Å². The van der Waals surface area contributed by atoms with Crippen molar-refractivity contribution in [3.05, 3.63) is 53.1 Å². The molecule has 210 valence electrons. The average molecular weight is 526 g/mol. The molecule has 7 heteroatoms. The molecule has 0 saturated heterocycles. The number of unbranched alkanes of at least 4 members (excludes halogenated alkanes) is 11. The third kappa shape index (κ3) is 17.4. The van der Waals surface area contributed by atoms with Gasteiger partial charge in [-0.25, -0.2) is 0 Å². The number of ketones is 1. The molecule has 0 aliphatic carbocycles. The first kappa shape index (κ1) is 33.0. The van der Waals surface area contributed by atoms with Crippen LogP contribution in [0.15, 0.2) is 36.4 Å². The summed E-state index contributed by atoms with van der Waals surface area (Å²) in [4.78, 5) is 38.3. The number of esters is 1. The number of carbonyl (C=O) groups excluding carboxylic acids is 3. The average Bonchev–Trinajstić information content (AvgIpc) is 2.90. The van der Waals surface area contributed by atoms with Crippen molar-refractivity contribution in [2.45, 2.75) is 116 Å². The summed E-state index contributed by atoms with van der Waals surface area (Å²) in [5, 5.41) is 2.98. The van der Waals surface area contributed by atoms with Crippen molar-refractivity contribution in [1.82, 2.24) is 5.32 Å². The zero-order chi connectivity index (χ0) is 27.8. The number of Topliss-reactive ketones (excluding diaryl/α,β-unsaturated/α-hetero) is 1. The monoisotopic (exact) mass is 525 g/mol. The van der Waals surface area contributed by atoms with Crippen molar-refractivity contribution in [3.63, 3.8) is 0 Å². The van der Waals surface area contributed by atoms with Crippen LogP contribution in [0.3, 0.4) is 0 Å². The van der Waals surface area contributed by atoms with Gasteiger partial charge in [-0.05, 0) is 44.1 Å². The molecule has 7 nitrogen and oxygen atoms in total. The van der Waals surface area contributed by atoms with Gasteiger partial charge in [0.05, 0.1) is 6.04 Å². The Morgan fingerprint density at radius 1 is 0.895 bits per heavy atom. The standard InChI is InChI=1S/C31H47N3O4/c1-3-4-5-6-7-8-9-10-11-12-13-14-15-16-17-18-31(37)34-29(25-38-26(2)35)23-27-19-21-28(22-20-27)30(36)24-33-32/h10-11,19-22,24,29H,3-9,12-18,23,25H2,1-2H3,(H,34,37)/b11-10-/t29-/m0/s1. The number of benzene rings is 1. The number of amides is 1. The molecule has 1 amide bonds. The van der Waals surface area contributed by atoms with Crippen LogP contribution < -0.4 is 5.32 Å². The molecule has 1 atom stereocenters. The van der Waals surface area contributed by atoms with Crippen LogP contribution in [0.5, 0.6) is 0 Å². The molecule has 0 unspecified atom stereocenters. The number of allylic oxidation sites excluding steroid dienone is 2. The van der Waals surface area contributed by atoms with Gasteiger partial charge in [-0.3, -0.25) is 14.4 Å². The van der Waals surface area contributed by atoms with E-state index in [9.17, 15) is 14.4 Å². The molecule has 0 saturated carbocycles. The lowest BCUT2D eigenvalue weighted by Gasteiger charge is -2.19. The summed E-state index contributed by atoms with van der Waals surface area (Å²) in [6, 6.07) is 6.46. The molecule has 38 heavy (non-hydrogen) atoms. The van der Waals surface area contributed by atoms with Crippen molar-refractivity contribution in [1.29, 1.82) is 0 Å². The van der Waals surface area contributed by atoms with E-state index in [0.29, 0.717) is 18.4 Å². The summed E-state index contributed by atoms with van der Waals surface area (Å²) < 4.78 is 5.14. The van der Waals surface area contributed by atoms with E-state index in [1.807, 2.05) is 0 Å². The predicted octanol–water partition coefficient (Wildman–Crippen LogP) is 6.80. The number of nitrogens with one attached hydrogen (secondary N) is 1. The van der Waals surface area contributed by atoms with Crippen LogP contribution in [0, 0.1) is 0 Å². The zero-order valence-electron chi connectivity index (χ0n) is 23.5. The molecule has 0 aliphatic heterocycles. The molecule has 0 fully saturated rings. The molecule has 1 N–H and O–H groups in total. The highest BCUT2D eigenvalue weighted by atomic mass is 16.5. The maximum atomic E-state index is 12.5. The second-order valence-corrected chi connectivity index (χ2v) is 9.91. The molecule has 1 rings (SSSR count). The van der Waals surface area contributed by atoms with Gasteiger partial charge in [0.15, 0.2) is 0 Å². The van der Waals surface area contributed by atoms with Crippen LogP contribution in [0.1, 0.15) is 120 Å². The van der Waals surface area contributed by atoms with Crippen LogP contribution in [-0.4, -0.2) is 41.3 Å². The van der Waals surface area contributed by atoms with Gasteiger partial charge in [0.1, 0.15) is 6.61 Å². The van der Waals surface area contributed by atoms with E-state index in [1.165, 1.54) is 64.7 Å². The molecule has 0 heterocycles. The van der Waals surface area contributed by atoms with Crippen molar-refractivity contribution >= 4 is 23.9 Å². The van der Waals surface area contributed by atoms with Crippen molar-refractivity contribution < 1.29 is 23.9 Å². The number of nitrogens with zero attached hydrogens (tertiary/aromatic N) is 2. The van der Waals surface area contributed by atoms with Gasteiger partial charge in [0.25, 0.3) is 5.78 Å². The van der Waals surface area contributed by atoms with Gasteiger partial charge in [0, 0.05) is 18.9 Å². The summed E-state index contributed by atoms with van der Waals surface area (Å²) in [6.07, 6.45) is 22.2. The summed E-state index contributed by atoms with van der Waals surface area (Å²) in [6.45, 7) is 3.68. The van der Waals surface area contributed by atoms with Gasteiger partial charge in [-0.1, -0.05) is 94.7 Å². The van der Waals surface area contributed by atoms with E-state index in [0.717, 1.165) is 37.5 Å². The Morgan fingerprint density at radius 2 is 1.47 bits per heavy atom. The van der Waals surface area contributed by atoms with E-state index >= 15 is 0 Å². The van der Waals surface area contributed by atoms with E-state index in [-0.39, 0.29) is 18.6 Å². The minimum atomic E-state index is -0.399. The van der Waals surface area contributed by atoms with Crippen molar-refractivity contribution in [3.8, 4) is 0 Å². The fourth-order valence-corrected chi connectivity index (χ4v) is 4.24. The highest BCUT2D eigenvalue weighted by molar-refractivity contribution is 6.33. The Balaban J connectivity index is 2.25. The first-order valence-electron chi connectivity index (χ1n) is 14.3. The van der Waals surface area contributed by atoms with Crippen LogP contribution in [-0.2, 0) is 20.7 Å². The van der Waals surface area contributed by atoms with E-state index in [2.05, 4.69) is 29.2 Å². The smallest absolute Gasteiger partial charge is 0.328 e. The number of rotatable bonds is 22. The Morgan fingerprint density at radius 3 is 2.05 bits per heavy atom. The fourth-order valence-electron chi connectivity index (χ4n) is 4.24. The SMILES string of the molecule is CCCCCCCC/C=C\CCCCCCCC(=O)N[C@H](COC(C)=O)Cc1ccc(C(=O)C=[N+]=[N-])cc1. The lowest BCUT2D eigenvalue weighted by molar-refractivity contribution is -0.142. The third-order valence-corrected chi connectivity index (χ3v) is 6.41. The first-order valence-corrected chi connectivity index (χ1v) is 14.3. The largest absolute Gasteiger partial charge is 0.464 e. The minimum absolute atomic E-state index is 0.0502. The van der Waals surface area contributed by atoms with E-state index in [1.54, 1.807) is 24.3 Å². The Bertz CT molecular complexity index is 889. The molecule has 0 spiro atoms. The first-order chi connectivity index (χ1) is 18.5. The summed E-state index contributed by atoms with van der Waals surface area (Å²) in [5.74, 6) is -0.847. The number of hydrogen-bond acceptors (Lipinski definition) is 4. The van der Waals surface area contributed by atoms with Gasteiger partial charge in [0.2, 0.25) is 5.91 Å². The maximum absolute atomic E-state index is 12.5. The van der Waals surface area contributed by atoms with Crippen LogP contribution >= 0.6 is 0 Å². The number of hydrogen-bond donors (Lipinski definition) is 1. The topological polar surface area (TPSA) is 109 Å². The van der Waals surface area contributed by atoms with Crippen LogP contribution in [0.25, 0.3) is 5.53 Å². The molecular formula is C31H47N3O4. The summed E-state index contributed by atoms with van der Waals surface area (Å²) in [5.41, 5.74) is 9.80. The normalized spacial score (nSPS) is 11.6. The van der Waals surface area contributed by atoms with Crippen LogP contribution in [0.4, 0.5) is 0 Å². The van der Waals surface area contributed by atoms with Gasteiger partial charge < -0.3 is 15.6 Å². The molecule has 1 aromatic carbocycles.